The predicted octanol–water partition coefficient (Wildman–Crippen LogP) is 7.74. The van der Waals surface area contributed by atoms with Gasteiger partial charge in [-0.2, -0.15) is 13.2 Å². The van der Waals surface area contributed by atoms with Gasteiger partial charge in [-0.3, -0.25) is 0 Å². The zero-order valence-electron chi connectivity index (χ0n) is 17.3. The molecule has 1 heterocycles. The summed E-state index contributed by atoms with van der Waals surface area (Å²) >= 11 is 0. The van der Waals surface area contributed by atoms with Crippen molar-refractivity contribution in [3.63, 3.8) is 0 Å². The highest BCUT2D eigenvalue weighted by Crippen LogP contribution is 2.33. The Bertz CT molecular complexity index is 1160. The predicted molar refractivity (Wildman–Crippen MR) is 116 cm³/mol. The van der Waals surface area contributed by atoms with Crippen LogP contribution >= 0.6 is 0 Å². The third-order valence-corrected chi connectivity index (χ3v) is 5.12. The lowest BCUT2D eigenvalue weighted by Crippen LogP contribution is -2.03. The van der Waals surface area contributed by atoms with Crippen molar-refractivity contribution in [1.82, 2.24) is 4.98 Å². The molecule has 4 rings (SSSR count). The van der Waals surface area contributed by atoms with Crippen LogP contribution in [0.2, 0.25) is 0 Å². The number of hydrogen-bond acceptors (Lipinski definition) is 2. The highest BCUT2D eigenvalue weighted by Gasteiger charge is 2.30. The number of halogens is 3. The summed E-state index contributed by atoms with van der Waals surface area (Å²) in [6.07, 6.45) is -3.79. The molecule has 2 nitrogen and oxygen atoms in total. The van der Waals surface area contributed by atoms with Gasteiger partial charge in [0.1, 0.15) is 5.76 Å². The molecule has 0 unspecified atom stereocenters. The number of alkyl halides is 3. The Morgan fingerprint density at radius 2 is 1.48 bits per heavy atom. The van der Waals surface area contributed by atoms with E-state index in [1.165, 1.54) is 12.1 Å². The molecule has 0 atom stereocenters. The molecule has 0 aliphatic rings. The van der Waals surface area contributed by atoms with Gasteiger partial charge in [0.2, 0.25) is 5.89 Å². The van der Waals surface area contributed by atoms with E-state index >= 15 is 0 Å². The van der Waals surface area contributed by atoms with Crippen LogP contribution in [0, 0.1) is 0 Å². The first kappa shape index (κ1) is 20.9. The number of rotatable bonds is 5. The topological polar surface area (TPSA) is 26.0 Å². The number of oxazole rings is 1. The maximum absolute atomic E-state index is 12.9. The normalized spacial score (nSPS) is 11.8. The zero-order valence-corrected chi connectivity index (χ0v) is 17.3. The number of aromatic nitrogens is 1. The van der Waals surface area contributed by atoms with Crippen molar-refractivity contribution in [2.75, 3.05) is 0 Å². The molecule has 0 spiro atoms. The van der Waals surface area contributed by atoms with Crippen molar-refractivity contribution < 1.29 is 17.6 Å². The average Bonchev–Trinajstić information content (AvgIpc) is 3.18. The third-order valence-electron chi connectivity index (χ3n) is 5.12. The second kappa shape index (κ2) is 8.42. The summed E-state index contributed by atoms with van der Waals surface area (Å²) in [6, 6.07) is 23.3. The lowest BCUT2D eigenvalue weighted by molar-refractivity contribution is -0.137. The van der Waals surface area contributed by atoms with Crippen LogP contribution in [0.3, 0.4) is 0 Å². The standard InChI is InChI=1S/C26H22F3NO/c1-17(2)24-23(16-18-7-6-10-21(15-18)19-8-4-3-5-9-19)30-25(31-24)20-11-13-22(14-12-20)26(27,28)29/h3-15,17H,16H2,1-2H3. The molecular formula is C26H22F3NO. The van der Waals surface area contributed by atoms with Gasteiger partial charge in [-0.25, -0.2) is 4.98 Å². The molecule has 1 aromatic heterocycles. The van der Waals surface area contributed by atoms with Crippen molar-refractivity contribution in [3.05, 3.63) is 101 Å². The molecule has 0 saturated heterocycles. The van der Waals surface area contributed by atoms with Crippen molar-refractivity contribution >= 4 is 0 Å². The van der Waals surface area contributed by atoms with E-state index in [1.54, 1.807) is 0 Å². The fourth-order valence-corrected chi connectivity index (χ4v) is 3.55. The monoisotopic (exact) mass is 421 g/mol. The van der Waals surface area contributed by atoms with Gasteiger partial charge in [-0.05, 0) is 41.0 Å². The van der Waals surface area contributed by atoms with Gasteiger partial charge < -0.3 is 4.42 Å². The van der Waals surface area contributed by atoms with Crippen LogP contribution in [-0.2, 0) is 12.6 Å². The molecule has 0 N–H and O–H groups in total. The van der Waals surface area contributed by atoms with Gasteiger partial charge in [0.15, 0.2) is 0 Å². The number of benzene rings is 3. The SMILES string of the molecule is CC(C)c1oc(-c2ccc(C(F)(F)F)cc2)nc1Cc1cccc(-c2ccccc2)c1. The van der Waals surface area contributed by atoms with Crippen molar-refractivity contribution in [3.8, 4) is 22.6 Å². The maximum Gasteiger partial charge on any atom is 0.416 e. The molecule has 3 aromatic carbocycles. The summed E-state index contributed by atoms with van der Waals surface area (Å²) in [5.41, 5.74) is 3.99. The minimum absolute atomic E-state index is 0.100. The second-order valence-corrected chi connectivity index (χ2v) is 7.80. The fraction of sp³-hybridized carbons (Fsp3) is 0.192. The number of hydrogen-bond donors (Lipinski definition) is 0. The Labute approximate surface area is 179 Å². The summed E-state index contributed by atoms with van der Waals surface area (Å²) < 4.78 is 44.5. The lowest BCUT2D eigenvalue weighted by Gasteiger charge is -2.07. The van der Waals surface area contributed by atoms with E-state index < -0.39 is 11.7 Å². The van der Waals surface area contributed by atoms with Crippen molar-refractivity contribution in [1.29, 1.82) is 0 Å². The Morgan fingerprint density at radius 1 is 0.806 bits per heavy atom. The van der Waals surface area contributed by atoms with Crippen LogP contribution in [0.5, 0.6) is 0 Å². The molecule has 0 aliphatic carbocycles. The zero-order chi connectivity index (χ0) is 22.0. The molecule has 158 valence electrons. The van der Waals surface area contributed by atoms with Gasteiger partial charge in [0.05, 0.1) is 11.3 Å². The van der Waals surface area contributed by atoms with Gasteiger partial charge >= 0.3 is 6.18 Å². The highest BCUT2D eigenvalue weighted by molar-refractivity contribution is 5.64. The van der Waals surface area contributed by atoms with E-state index in [1.807, 2.05) is 44.2 Å². The number of nitrogens with zero attached hydrogens (tertiary/aromatic N) is 1. The molecule has 5 heteroatoms. The molecule has 31 heavy (non-hydrogen) atoms. The smallest absolute Gasteiger partial charge is 0.416 e. The Kier molecular flexibility index (Phi) is 5.68. The largest absolute Gasteiger partial charge is 0.441 e. The van der Waals surface area contributed by atoms with E-state index in [4.69, 9.17) is 4.42 Å². The minimum atomic E-state index is -4.37. The molecule has 0 aliphatic heterocycles. The summed E-state index contributed by atoms with van der Waals surface area (Å²) in [6.45, 7) is 4.03. The highest BCUT2D eigenvalue weighted by atomic mass is 19.4. The Balaban J connectivity index is 1.64. The van der Waals surface area contributed by atoms with Crippen LogP contribution in [0.4, 0.5) is 13.2 Å². The Morgan fingerprint density at radius 3 is 2.13 bits per heavy atom. The van der Waals surface area contributed by atoms with E-state index in [2.05, 4.69) is 29.2 Å². The van der Waals surface area contributed by atoms with Crippen LogP contribution < -0.4 is 0 Å². The first-order valence-corrected chi connectivity index (χ1v) is 10.1. The summed E-state index contributed by atoms with van der Waals surface area (Å²) in [7, 11) is 0. The van der Waals surface area contributed by atoms with Gasteiger partial charge in [0.25, 0.3) is 0 Å². The molecule has 0 radical (unpaired) electrons. The molecule has 0 amide bonds. The van der Waals surface area contributed by atoms with Crippen LogP contribution in [-0.4, -0.2) is 4.98 Å². The van der Waals surface area contributed by atoms with Gasteiger partial charge in [-0.1, -0.05) is 68.4 Å². The van der Waals surface area contributed by atoms with E-state index in [-0.39, 0.29) is 5.92 Å². The average molecular weight is 421 g/mol. The first-order chi connectivity index (χ1) is 14.8. The van der Waals surface area contributed by atoms with Crippen molar-refractivity contribution in [2.45, 2.75) is 32.4 Å². The van der Waals surface area contributed by atoms with E-state index in [9.17, 15) is 13.2 Å². The second-order valence-electron chi connectivity index (χ2n) is 7.80. The molecule has 0 fully saturated rings. The molecule has 0 saturated carbocycles. The van der Waals surface area contributed by atoms with Crippen molar-refractivity contribution in [2.24, 2.45) is 0 Å². The molecular weight excluding hydrogens is 399 g/mol. The molecule has 0 bridgehead atoms. The van der Waals surface area contributed by atoms with E-state index in [0.29, 0.717) is 17.9 Å². The third kappa shape index (κ3) is 4.71. The molecule has 4 aromatic rings. The van der Waals surface area contributed by atoms with Crippen LogP contribution in [0.1, 0.15) is 42.3 Å². The lowest BCUT2D eigenvalue weighted by atomic mass is 9.99. The summed E-state index contributed by atoms with van der Waals surface area (Å²) in [5.74, 6) is 1.19. The summed E-state index contributed by atoms with van der Waals surface area (Å²) in [5, 5.41) is 0. The minimum Gasteiger partial charge on any atom is -0.441 e. The summed E-state index contributed by atoms with van der Waals surface area (Å²) in [4.78, 5) is 4.64. The van der Waals surface area contributed by atoms with Gasteiger partial charge in [-0.15, -0.1) is 0 Å². The quantitative estimate of drug-likeness (QED) is 0.329. The first-order valence-electron chi connectivity index (χ1n) is 10.1. The van der Waals surface area contributed by atoms with Crippen LogP contribution in [0.15, 0.2) is 83.3 Å². The fourth-order valence-electron chi connectivity index (χ4n) is 3.55. The maximum atomic E-state index is 12.9. The van der Waals surface area contributed by atoms with Crippen LogP contribution in [0.25, 0.3) is 22.6 Å². The Hall–Kier alpha value is -3.34. The van der Waals surface area contributed by atoms with E-state index in [0.717, 1.165) is 40.3 Å². The van der Waals surface area contributed by atoms with Gasteiger partial charge in [0, 0.05) is 17.9 Å².